The average Bonchev–Trinajstić information content (AvgIpc) is 1.69. The predicted octanol–water partition coefficient (Wildman–Crippen LogP) is 7.35. The van der Waals surface area contributed by atoms with E-state index in [2.05, 4.69) is 74.5 Å². The number of methoxy groups -OCH3 is 2. The van der Waals surface area contributed by atoms with Gasteiger partial charge in [0, 0.05) is 97.3 Å². The second kappa shape index (κ2) is 53.6. The number of hydrogen-bond donors (Lipinski definition) is 14. The van der Waals surface area contributed by atoms with E-state index < -0.39 is 77.2 Å². The SMILES string of the molecule is C.C.C.CC[C@@H](/C=N/NC(=O)NCC1CCC(C(=O)NC)CC1)NC(=O)[C@@H]1C[C@@H](OC)CN1C(=O)OC(C)(C)C.CC[C@@H](/C=N/NC(=O)NCC1CCC(C(=O)O)CC1)NC(=O)OC(C)(C)C.CC[C@H](N)/C=N/NC(=O)NCC1CCC(C(=O)NC)CC1.CN.CO[C@@H]1C[C@@H](C(=O)O)N(C(=O)OC(C)(C)C)C1. The summed E-state index contributed by atoms with van der Waals surface area (Å²) in [4.78, 5) is 133. The number of hydrogen-bond acceptors (Lipinski definition) is 21. The Morgan fingerprint density at radius 3 is 1.10 bits per heavy atom. The molecule has 0 radical (unpaired) electrons. The maximum Gasteiger partial charge on any atom is 0.411 e. The van der Waals surface area contributed by atoms with Crippen LogP contribution < -0.4 is 65.0 Å². The molecular formula is C72H139N17O18. The molecule has 3 saturated carbocycles. The highest BCUT2D eigenvalue weighted by Crippen LogP contribution is 2.31. The zero-order valence-corrected chi connectivity index (χ0v) is 64.6. The van der Waals surface area contributed by atoms with Crippen LogP contribution >= 0.6 is 0 Å². The molecule has 620 valence electrons. The van der Waals surface area contributed by atoms with Crippen LogP contribution in [0.2, 0.25) is 0 Å². The number of amides is 12. The first kappa shape index (κ1) is 103. The minimum Gasteiger partial charge on any atom is -0.481 e. The number of carbonyl (C=O) groups is 11. The van der Waals surface area contributed by atoms with Crippen LogP contribution in [0, 0.1) is 35.5 Å². The molecule has 5 fully saturated rings. The van der Waals surface area contributed by atoms with Gasteiger partial charge in [-0.15, -0.1) is 0 Å². The third kappa shape index (κ3) is 43.4. The number of nitrogens with two attached hydrogens (primary N) is 2. The fraction of sp³-hybridized carbons (Fsp3) is 0.806. The van der Waals surface area contributed by atoms with Gasteiger partial charge in [0.05, 0.1) is 43.3 Å². The second-order valence-electron chi connectivity index (χ2n) is 29.1. The van der Waals surface area contributed by atoms with Crippen LogP contribution in [0.5, 0.6) is 0 Å². The largest absolute Gasteiger partial charge is 0.481 e. The summed E-state index contributed by atoms with van der Waals surface area (Å²) < 4.78 is 26.3. The number of carbonyl (C=O) groups excluding carboxylic acids is 9. The molecule has 2 aliphatic heterocycles. The molecule has 2 saturated heterocycles. The van der Waals surface area contributed by atoms with E-state index in [9.17, 15) is 52.7 Å². The van der Waals surface area contributed by atoms with Gasteiger partial charge in [0.1, 0.15) is 28.9 Å². The number of nitrogens with one attached hydrogen (secondary N) is 10. The van der Waals surface area contributed by atoms with Crippen molar-refractivity contribution in [2.75, 3.05) is 68.1 Å². The first-order valence-electron chi connectivity index (χ1n) is 36.2. The number of alkyl carbamates (subject to hydrolysis) is 1. The first-order valence-corrected chi connectivity index (χ1v) is 36.2. The normalized spacial score (nSPS) is 22.6. The molecule has 35 nitrogen and oxygen atoms in total. The van der Waals surface area contributed by atoms with E-state index in [1.165, 1.54) is 42.6 Å². The Morgan fingerprint density at radius 1 is 0.467 bits per heavy atom. The molecular weight excluding hydrogens is 1390 g/mol. The van der Waals surface area contributed by atoms with Gasteiger partial charge in [-0.25, -0.2) is 49.8 Å². The molecule has 12 amide bonds. The Labute approximate surface area is 636 Å². The van der Waals surface area contributed by atoms with Gasteiger partial charge < -0.3 is 82.6 Å². The number of hydrazone groups is 3. The number of nitrogens with zero attached hydrogens (tertiary/aromatic N) is 5. The van der Waals surface area contributed by atoms with Crippen molar-refractivity contribution in [1.82, 2.24) is 63.3 Å². The van der Waals surface area contributed by atoms with Crippen LogP contribution in [-0.4, -0.2) is 232 Å². The summed E-state index contributed by atoms with van der Waals surface area (Å²) in [5, 5.41) is 48.9. The van der Waals surface area contributed by atoms with E-state index in [4.69, 9.17) is 39.6 Å². The maximum atomic E-state index is 13.0. The Kier molecular flexibility index (Phi) is 51.6. The summed E-state index contributed by atoms with van der Waals surface area (Å²) >= 11 is 0. The topological polar surface area (TPSA) is 490 Å². The molecule has 0 aromatic rings. The molecule has 0 aromatic carbocycles. The number of carboxylic acids is 2. The van der Waals surface area contributed by atoms with Crippen molar-refractivity contribution >= 4 is 84.7 Å². The Morgan fingerprint density at radius 2 is 0.794 bits per heavy atom. The van der Waals surface area contributed by atoms with E-state index >= 15 is 0 Å². The van der Waals surface area contributed by atoms with Gasteiger partial charge in [-0.3, -0.25) is 29.0 Å². The molecule has 5 aliphatic rings. The van der Waals surface area contributed by atoms with Crippen LogP contribution in [0.1, 0.15) is 215 Å². The van der Waals surface area contributed by atoms with Crippen molar-refractivity contribution in [3.63, 3.8) is 0 Å². The van der Waals surface area contributed by atoms with Gasteiger partial charge in [0.2, 0.25) is 17.7 Å². The summed E-state index contributed by atoms with van der Waals surface area (Å²) in [6.45, 7) is 23.7. The summed E-state index contributed by atoms with van der Waals surface area (Å²) in [5.41, 5.74) is 15.5. The third-order valence-electron chi connectivity index (χ3n) is 17.5. The average molecular weight is 1530 g/mol. The monoisotopic (exact) mass is 1530 g/mol. The molecule has 5 rings (SSSR count). The van der Waals surface area contributed by atoms with Gasteiger partial charge in [-0.2, -0.15) is 15.3 Å². The number of ether oxygens (including phenoxy) is 5. The Balaban J connectivity index is -0.00000138. The molecule has 0 spiro atoms. The van der Waals surface area contributed by atoms with Crippen molar-refractivity contribution in [2.45, 2.75) is 274 Å². The highest BCUT2D eigenvalue weighted by molar-refractivity contribution is 5.89. The lowest BCUT2D eigenvalue weighted by atomic mass is 9.81. The summed E-state index contributed by atoms with van der Waals surface area (Å²) in [7, 11) is 7.87. The van der Waals surface area contributed by atoms with Crippen LogP contribution in [0.15, 0.2) is 15.3 Å². The van der Waals surface area contributed by atoms with E-state index in [1.54, 1.807) is 83.5 Å². The van der Waals surface area contributed by atoms with E-state index in [0.717, 1.165) is 70.6 Å². The number of rotatable bonds is 24. The lowest BCUT2D eigenvalue weighted by Gasteiger charge is -2.28. The van der Waals surface area contributed by atoms with Gasteiger partial charge in [0.15, 0.2) is 0 Å². The minimum absolute atomic E-state index is 0. The van der Waals surface area contributed by atoms with Crippen LogP contribution in [0.25, 0.3) is 0 Å². The zero-order chi connectivity index (χ0) is 78.9. The van der Waals surface area contributed by atoms with Gasteiger partial charge in [-0.1, -0.05) is 43.1 Å². The van der Waals surface area contributed by atoms with Crippen molar-refractivity contribution < 1.29 is 86.6 Å². The van der Waals surface area contributed by atoms with Gasteiger partial charge in [-0.05, 0) is 183 Å². The summed E-state index contributed by atoms with van der Waals surface area (Å²) in [5.74, 6) is -0.930. The molecule has 0 unspecified atom stereocenters. The van der Waals surface area contributed by atoms with Crippen LogP contribution in [-0.2, 0) is 47.7 Å². The lowest BCUT2D eigenvalue weighted by Crippen LogP contribution is -2.50. The van der Waals surface area contributed by atoms with Crippen molar-refractivity contribution in [1.29, 1.82) is 0 Å². The molecule has 16 N–H and O–H groups in total. The maximum absolute atomic E-state index is 13.0. The van der Waals surface area contributed by atoms with Crippen molar-refractivity contribution in [3.8, 4) is 0 Å². The van der Waals surface area contributed by atoms with E-state index in [0.29, 0.717) is 70.0 Å². The number of carboxylic acid groups (broad SMARTS) is 2. The number of likely N-dealkylation sites (tertiary alicyclic amines) is 2. The Hall–Kier alpha value is -8.18. The van der Waals surface area contributed by atoms with Gasteiger partial charge in [0.25, 0.3) is 0 Å². The molecule has 107 heavy (non-hydrogen) atoms. The molecule has 7 atom stereocenters. The van der Waals surface area contributed by atoms with Crippen molar-refractivity contribution in [2.24, 2.45) is 62.3 Å². The third-order valence-corrected chi connectivity index (χ3v) is 17.5. The standard InChI is InChI=1S/C25H44N6O6.C18H32N4O5.C14H27N5O2.C11H19NO5.CH5N.3CH4/c1-7-18(14-28-30-23(34)27-13-16-8-10-17(11-9-16)21(32)26-5)29-22(33)20-12-19(36-6)15-31(20)24(35)37-25(2,3)4;1-5-14(21-17(26)27-18(2,3)4)11-20-22-16(25)19-10-12-6-8-13(9-7-12)15(23)24;1-3-12(15)9-18-19-14(21)17-8-10-4-6-11(7-5-10)13(20)16-2;1-11(2,3)17-10(15)12-6-7(16-4)5-8(12)9(13)14;1-2;;;/h14,16-20H,7-13,15H2,1-6H3,(H,26,32)(H,29,33)(H2,27,30,34);11-14H,5-10H2,1-4H3,(H,21,26)(H,23,24)(H2,19,22,25);9-12H,3-8,15H2,1-2H3,(H,16,20)(H2,17,19,21);7-8H,5-6H2,1-4H3,(H,13,14);2H2,1H3;3*1H4/b28-14+;20-11+;18-9+;;;;;/t16?,17?,18-,19+,20-;12?,13?,14-;10?,11?,12-;7-,8+;;;;/m0001..../s1. The quantitative estimate of drug-likeness (QED) is 0.0255. The lowest BCUT2D eigenvalue weighted by molar-refractivity contribution is -0.143. The highest BCUT2D eigenvalue weighted by Gasteiger charge is 2.43. The van der Waals surface area contributed by atoms with Crippen molar-refractivity contribution in [3.05, 3.63) is 0 Å². The molecule has 0 bridgehead atoms. The molecule has 35 heteroatoms. The Bertz CT molecular complexity index is 2740. The second-order valence-corrected chi connectivity index (χ2v) is 29.1. The van der Waals surface area contributed by atoms with E-state index in [-0.39, 0.29) is 107 Å². The minimum atomic E-state index is -1.03. The fourth-order valence-electron chi connectivity index (χ4n) is 11.5. The van der Waals surface area contributed by atoms with E-state index in [1.807, 2.05) is 20.8 Å². The summed E-state index contributed by atoms with van der Waals surface area (Å²) in [6.07, 6.45) is 14.8. The number of urea groups is 3. The first-order chi connectivity index (χ1) is 48.9. The van der Waals surface area contributed by atoms with Crippen LogP contribution in [0.3, 0.4) is 0 Å². The zero-order valence-electron chi connectivity index (χ0n) is 64.6. The predicted molar refractivity (Wildman–Crippen MR) is 413 cm³/mol. The fourth-order valence-corrected chi connectivity index (χ4v) is 11.5. The van der Waals surface area contributed by atoms with Crippen LogP contribution in [0.4, 0.5) is 28.8 Å². The van der Waals surface area contributed by atoms with Gasteiger partial charge >= 0.3 is 48.3 Å². The molecule has 2 heterocycles. The molecule has 3 aliphatic carbocycles. The number of aliphatic carboxylic acids is 2. The molecule has 0 aromatic heterocycles. The summed E-state index contributed by atoms with van der Waals surface area (Å²) in [6, 6.07) is -3.69. The highest BCUT2D eigenvalue weighted by atomic mass is 16.6. The smallest absolute Gasteiger partial charge is 0.411 e.